The zero-order valence-electron chi connectivity index (χ0n) is 10.5. The highest BCUT2D eigenvalue weighted by molar-refractivity contribution is 5.77. The molecule has 1 unspecified atom stereocenters. The number of rotatable bonds is 3. The summed E-state index contributed by atoms with van der Waals surface area (Å²) in [4.78, 5) is 16.7. The second kappa shape index (κ2) is 4.51. The maximum atomic E-state index is 10.7. The first-order valence-electron chi connectivity index (χ1n) is 6.14. The van der Waals surface area contributed by atoms with E-state index in [9.17, 15) is 10.1 Å². The fourth-order valence-electron chi connectivity index (χ4n) is 2.32. The fraction of sp³-hybridized carbons (Fsp3) is 0.417. The summed E-state index contributed by atoms with van der Waals surface area (Å²) in [5.74, 6) is 0. The van der Waals surface area contributed by atoms with E-state index in [4.69, 9.17) is 4.42 Å². The molecule has 1 saturated heterocycles. The first kappa shape index (κ1) is 11.9. The van der Waals surface area contributed by atoms with Crippen LogP contribution in [0, 0.1) is 10.1 Å². The summed E-state index contributed by atoms with van der Waals surface area (Å²) in [5, 5.41) is 13.9. The molecule has 0 spiro atoms. The standard InChI is InChI=1S/C12H14N4O3/c1-13-8-4-5-15(7-8)12-14-10-3-2-9(16(17)18)6-11(10)19-12/h2-3,6,8,13H,4-5,7H2,1H3. The number of nitro benzene ring substituents is 1. The molecular weight excluding hydrogens is 248 g/mol. The summed E-state index contributed by atoms with van der Waals surface area (Å²) in [5.41, 5.74) is 1.12. The Labute approximate surface area is 109 Å². The second-order valence-corrected chi connectivity index (χ2v) is 4.63. The molecule has 7 nitrogen and oxygen atoms in total. The van der Waals surface area contributed by atoms with Crippen molar-refractivity contribution >= 4 is 22.8 Å². The summed E-state index contributed by atoms with van der Waals surface area (Å²) in [6.45, 7) is 1.71. The van der Waals surface area contributed by atoms with Gasteiger partial charge in [-0.15, -0.1) is 0 Å². The number of non-ortho nitro benzene ring substituents is 1. The number of hydrogen-bond donors (Lipinski definition) is 1. The summed E-state index contributed by atoms with van der Waals surface area (Å²) < 4.78 is 5.62. The summed E-state index contributed by atoms with van der Waals surface area (Å²) in [6.07, 6.45) is 1.04. The van der Waals surface area contributed by atoms with Gasteiger partial charge in [-0.1, -0.05) is 0 Å². The molecule has 1 fully saturated rings. The van der Waals surface area contributed by atoms with E-state index in [0.29, 0.717) is 23.2 Å². The Morgan fingerprint density at radius 3 is 3.11 bits per heavy atom. The minimum Gasteiger partial charge on any atom is -0.423 e. The molecule has 1 aliphatic rings. The van der Waals surface area contributed by atoms with E-state index in [0.717, 1.165) is 19.5 Å². The van der Waals surface area contributed by atoms with Crippen LogP contribution in [-0.4, -0.2) is 36.1 Å². The highest BCUT2D eigenvalue weighted by Gasteiger charge is 2.25. The number of anilines is 1. The molecule has 1 atom stereocenters. The van der Waals surface area contributed by atoms with Crippen molar-refractivity contribution in [1.82, 2.24) is 10.3 Å². The third-order valence-electron chi connectivity index (χ3n) is 3.44. The van der Waals surface area contributed by atoms with Gasteiger partial charge in [-0.25, -0.2) is 0 Å². The monoisotopic (exact) mass is 262 g/mol. The number of oxazole rings is 1. The SMILES string of the molecule is CNC1CCN(c2nc3ccc([N+](=O)[O-])cc3o2)C1. The normalized spacial score (nSPS) is 19.2. The number of nitrogens with zero attached hydrogens (tertiary/aromatic N) is 3. The molecule has 3 rings (SSSR count). The van der Waals surface area contributed by atoms with Gasteiger partial charge in [0.1, 0.15) is 5.52 Å². The van der Waals surface area contributed by atoms with Gasteiger partial charge in [0.25, 0.3) is 11.7 Å². The Morgan fingerprint density at radius 2 is 2.42 bits per heavy atom. The van der Waals surface area contributed by atoms with E-state index in [1.165, 1.54) is 12.1 Å². The third kappa shape index (κ3) is 2.12. The molecule has 19 heavy (non-hydrogen) atoms. The van der Waals surface area contributed by atoms with Gasteiger partial charge in [0.15, 0.2) is 5.58 Å². The van der Waals surface area contributed by atoms with Gasteiger partial charge in [-0.2, -0.15) is 4.98 Å². The van der Waals surface area contributed by atoms with Crippen molar-refractivity contribution in [3.05, 3.63) is 28.3 Å². The minimum atomic E-state index is -0.436. The Morgan fingerprint density at radius 1 is 1.58 bits per heavy atom. The Kier molecular flexibility index (Phi) is 2.83. The number of aromatic nitrogens is 1. The predicted octanol–water partition coefficient (Wildman–Crippen LogP) is 1.53. The maximum absolute atomic E-state index is 10.7. The molecule has 2 heterocycles. The molecule has 0 radical (unpaired) electrons. The molecule has 7 heteroatoms. The summed E-state index contributed by atoms with van der Waals surface area (Å²) in [6, 6.07) is 5.44. The molecule has 100 valence electrons. The maximum Gasteiger partial charge on any atom is 0.298 e. The lowest BCUT2D eigenvalue weighted by molar-refractivity contribution is -0.384. The van der Waals surface area contributed by atoms with Crippen molar-refractivity contribution in [2.45, 2.75) is 12.5 Å². The van der Waals surface area contributed by atoms with Crippen LogP contribution in [0.5, 0.6) is 0 Å². The zero-order chi connectivity index (χ0) is 13.4. The Hall–Kier alpha value is -2.15. The van der Waals surface area contributed by atoms with Crippen molar-refractivity contribution < 1.29 is 9.34 Å². The minimum absolute atomic E-state index is 0.0183. The zero-order valence-corrected chi connectivity index (χ0v) is 10.5. The topological polar surface area (TPSA) is 84.4 Å². The van der Waals surface area contributed by atoms with E-state index in [1.807, 2.05) is 11.9 Å². The predicted molar refractivity (Wildman–Crippen MR) is 70.3 cm³/mol. The number of nitro groups is 1. The van der Waals surface area contributed by atoms with E-state index in [1.54, 1.807) is 6.07 Å². The highest BCUT2D eigenvalue weighted by Crippen LogP contribution is 2.27. The first-order chi connectivity index (χ1) is 9.17. The van der Waals surface area contributed by atoms with Crippen molar-refractivity contribution in [3.63, 3.8) is 0 Å². The van der Waals surface area contributed by atoms with Gasteiger partial charge >= 0.3 is 0 Å². The van der Waals surface area contributed by atoms with E-state index in [-0.39, 0.29) is 5.69 Å². The van der Waals surface area contributed by atoms with Crippen LogP contribution in [-0.2, 0) is 0 Å². The lowest BCUT2D eigenvalue weighted by Crippen LogP contribution is -2.29. The van der Waals surface area contributed by atoms with Gasteiger partial charge in [0.2, 0.25) is 0 Å². The largest absolute Gasteiger partial charge is 0.423 e. The van der Waals surface area contributed by atoms with E-state index < -0.39 is 4.92 Å². The number of likely N-dealkylation sites (N-methyl/N-ethyl adjacent to an activating group) is 1. The van der Waals surface area contributed by atoms with Crippen LogP contribution in [0.15, 0.2) is 22.6 Å². The van der Waals surface area contributed by atoms with Crippen molar-refractivity contribution in [3.8, 4) is 0 Å². The number of benzene rings is 1. The Bertz CT molecular complexity index is 624. The highest BCUT2D eigenvalue weighted by atomic mass is 16.6. The van der Waals surface area contributed by atoms with Gasteiger partial charge in [0, 0.05) is 25.2 Å². The molecule has 0 saturated carbocycles. The quantitative estimate of drug-likeness (QED) is 0.667. The fourth-order valence-corrected chi connectivity index (χ4v) is 2.32. The molecule has 1 aliphatic heterocycles. The van der Waals surface area contributed by atoms with Gasteiger partial charge in [0.05, 0.1) is 11.0 Å². The van der Waals surface area contributed by atoms with Crippen LogP contribution in [0.2, 0.25) is 0 Å². The van der Waals surface area contributed by atoms with Crippen molar-refractivity contribution in [2.75, 3.05) is 25.0 Å². The third-order valence-corrected chi connectivity index (χ3v) is 3.44. The molecule has 0 aliphatic carbocycles. The average Bonchev–Trinajstić information content (AvgIpc) is 3.03. The van der Waals surface area contributed by atoms with Crippen molar-refractivity contribution in [2.24, 2.45) is 0 Å². The molecule has 0 amide bonds. The molecule has 0 bridgehead atoms. The van der Waals surface area contributed by atoms with Gasteiger partial charge < -0.3 is 14.6 Å². The summed E-state index contributed by atoms with van der Waals surface area (Å²) >= 11 is 0. The first-order valence-corrected chi connectivity index (χ1v) is 6.14. The van der Waals surface area contributed by atoms with E-state index >= 15 is 0 Å². The van der Waals surface area contributed by atoms with Crippen LogP contribution >= 0.6 is 0 Å². The molecular formula is C12H14N4O3. The molecule has 1 aromatic carbocycles. The van der Waals surface area contributed by atoms with E-state index in [2.05, 4.69) is 10.3 Å². The second-order valence-electron chi connectivity index (χ2n) is 4.63. The van der Waals surface area contributed by atoms with Crippen molar-refractivity contribution in [1.29, 1.82) is 0 Å². The van der Waals surface area contributed by atoms with Crippen LogP contribution in [0.25, 0.3) is 11.1 Å². The lowest BCUT2D eigenvalue weighted by Gasteiger charge is -2.12. The number of hydrogen-bond acceptors (Lipinski definition) is 6. The molecule has 2 aromatic rings. The van der Waals surface area contributed by atoms with Crippen LogP contribution in [0.3, 0.4) is 0 Å². The van der Waals surface area contributed by atoms with Gasteiger partial charge in [-0.3, -0.25) is 10.1 Å². The molecule has 1 aromatic heterocycles. The van der Waals surface area contributed by atoms with Gasteiger partial charge in [-0.05, 0) is 19.5 Å². The van der Waals surface area contributed by atoms with Crippen LogP contribution in [0.4, 0.5) is 11.7 Å². The average molecular weight is 262 g/mol. The lowest BCUT2D eigenvalue weighted by atomic mass is 10.3. The Balaban J connectivity index is 1.91. The van der Waals surface area contributed by atoms with Crippen LogP contribution in [0.1, 0.15) is 6.42 Å². The number of nitrogens with one attached hydrogen (secondary N) is 1. The summed E-state index contributed by atoms with van der Waals surface area (Å²) in [7, 11) is 1.93. The molecule has 1 N–H and O–H groups in total. The smallest absolute Gasteiger partial charge is 0.298 e. The number of fused-ring (bicyclic) bond motifs is 1. The van der Waals surface area contributed by atoms with Crippen LogP contribution < -0.4 is 10.2 Å².